The molecule has 2 amide bonds. The van der Waals surface area contributed by atoms with Crippen LogP contribution in [0.15, 0.2) is 24.3 Å². The molecule has 3 rings (SSSR count). The van der Waals surface area contributed by atoms with E-state index < -0.39 is 0 Å². The highest BCUT2D eigenvalue weighted by Crippen LogP contribution is 2.22. The number of nitrogens with zero attached hydrogens (tertiary/aromatic N) is 2. The van der Waals surface area contributed by atoms with Gasteiger partial charge >= 0.3 is 6.03 Å². The third kappa shape index (κ3) is 3.60. The summed E-state index contributed by atoms with van der Waals surface area (Å²) in [5.74, 6) is 0.906. The second kappa shape index (κ2) is 6.24. The van der Waals surface area contributed by atoms with Crippen molar-refractivity contribution in [2.75, 3.05) is 37.7 Å². The van der Waals surface area contributed by atoms with Crippen LogP contribution in [-0.2, 0) is 0 Å². The minimum absolute atomic E-state index is 0.101. The minimum atomic E-state index is 0.101. The highest BCUT2D eigenvalue weighted by atomic mass is 16.5. The zero-order valence-electron chi connectivity index (χ0n) is 12.5. The first-order valence-electron chi connectivity index (χ1n) is 7.79. The Hall–Kier alpha value is -1.91. The molecule has 1 aromatic carbocycles. The van der Waals surface area contributed by atoms with Crippen LogP contribution in [0.3, 0.4) is 0 Å². The largest absolute Gasteiger partial charge is 0.494 e. The summed E-state index contributed by atoms with van der Waals surface area (Å²) >= 11 is 0. The van der Waals surface area contributed by atoms with E-state index in [-0.39, 0.29) is 6.03 Å². The normalized spacial score (nSPS) is 18.5. The number of urea groups is 1. The molecule has 2 aliphatic rings. The molecular weight excluding hydrogens is 266 g/mol. The van der Waals surface area contributed by atoms with Gasteiger partial charge in [0.15, 0.2) is 0 Å². The lowest BCUT2D eigenvalue weighted by molar-refractivity contribution is 0.194. The van der Waals surface area contributed by atoms with Crippen LogP contribution in [0.25, 0.3) is 0 Å². The summed E-state index contributed by atoms with van der Waals surface area (Å²) in [5, 5.41) is 3.05. The molecule has 0 radical (unpaired) electrons. The Morgan fingerprint density at radius 1 is 1.19 bits per heavy atom. The Morgan fingerprint density at radius 3 is 2.43 bits per heavy atom. The van der Waals surface area contributed by atoms with Crippen LogP contribution in [0.4, 0.5) is 10.5 Å². The monoisotopic (exact) mass is 289 g/mol. The summed E-state index contributed by atoms with van der Waals surface area (Å²) in [6.07, 6.45) is 2.27. The number of carbonyl (C=O) groups excluding carboxylic acids is 1. The van der Waals surface area contributed by atoms with Gasteiger partial charge in [0.2, 0.25) is 0 Å². The summed E-state index contributed by atoms with van der Waals surface area (Å²) in [5.41, 5.74) is 1.20. The molecule has 1 saturated heterocycles. The van der Waals surface area contributed by atoms with Crippen LogP contribution in [0, 0.1) is 0 Å². The Morgan fingerprint density at radius 2 is 1.86 bits per heavy atom. The number of amides is 2. The highest BCUT2D eigenvalue weighted by molar-refractivity contribution is 5.75. The predicted octanol–water partition coefficient (Wildman–Crippen LogP) is 2.08. The van der Waals surface area contributed by atoms with E-state index in [0.717, 1.165) is 44.8 Å². The number of benzene rings is 1. The number of anilines is 1. The lowest BCUT2D eigenvalue weighted by Crippen LogP contribution is -2.52. The smallest absolute Gasteiger partial charge is 0.317 e. The maximum Gasteiger partial charge on any atom is 0.317 e. The molecule has 1 N–H and O–H groups in total. The van der Waals surface area contributed by atoms with E-state index in [2.05, 4.69) is 22.3 Å². The molecule has 1 heterocycles. The van der Waals surface area contributed by atoms with Gasteiger partial charge in [-0.25, -0.2) is 4.79 Å². The molecule has 1 aliphatic carbocycles. The molecule has 0 unspecified atom stereocenters. The molecular formula is C16H23N3O2. The fourth-order valence-corrected chi connectivity index (χ4v) is 2.58. The van der Waals surface area contributed by atoms with E-state index in [1.165, 1.54) is 5.69 Å². The summed E-state index contributed by atoms with van der Waals surface area (Å²) in [7, 11) is 0. The van der Waals surface area contributed by atoms with E-state index in [4.69, 9.17) is 4.74 Å². The standard InChI is InChI=1S/C16H23N3O2/c1-2-21-15-7-5-14(6-8-15)18-9-11-19(12-10-18)16(20)17-13-3-4-13/h5-8,13H,2-4,9-12H2,1H3,(H,17,20). The summed E-state index contributed by atoms with van der Waals surface area (Å²) in [4.78, 5) is 16.2. The molecule has 5 nitrogen and oxygen atoms in total. The molecule has 0 spiro atoms. The second-order valence-electron chi connectivity index (χ2n) is 5.62. The Kier molecular flexibility index (Phi) is 4.18. The molecule has 2 fully saturated rings. The molecule has 0 aromatic heterocycles. The van der Waals surface area contributed by atoms with Crippen LogP contribution in [0.5, 0.6) is 5.75 Å². The third-order valence-electron chi connectivity index (χ3n) is 3.98. The number of nitrogens with one attached hydrogen (secondary N) is 1. The average Bonchev–Trinajstić information content (AvgIpc) is 3.32. The van der Waals surface area contributed by atoms with Gasteiger partial charge in [0.1, 0.15) is 5.75 Å². The van der Waals surface area contributed by atoms with Gasteiger partial charge in [-0.1, -0.05) is 0 Å². The topological polar surface area (TPSA) is 44.8 Å². The second-order valence-corrected chi connectivity index (χ2v) is 5.62. The number of piperazine rings is 1. The fraction of sp³-hybridized carbons (Fsp3) is 0.562. The van der Waals surface area contributed by atoms with E-state index in [1.54, 1.807) is 0 Å². The van der Waals surface area contributed by atoms with Gasteiger partial charge in [0, 0.05) is 37.9 Å². The first kappa shape index (κ1) is 14.0. The Bertz CT molecular complexity index is 477. The number of rotatable bonds is 4. The van der Waals surface area contributed by atoms with Crippen LogP contribution in [0.2, 0.25) is 0 Å². The quantitative estimate of drug-likeness (QED) is 0.923. The van der Waals surface area contributed by atoms with E-state index in [9.17, 15) is 4.79 Å². The van der Waals surface area contributed by atoms with E-state index in [0.29, 0.717) is 12.6 Å². The minimum Gasteiger partial charge on any atom is -0.494 e. The molecule has 5 heteroatoms. The van der Waals surface area contributed by atoms with Crippen molar-refractivity contribution in [3.05, 3.63) is 24.3 Å². The molecule has 1 aliphatic heterocycles. The fourth-order valence-electron chi connectivity index (χ4n) is 2.58. The first-order chi connectivity index (χ1) is 10.3. The maximum atomic E-state index is 12.0. The van der Waals surface area contributed by atoms with Crippen molar-refractivity contribution in [3.63, 3.8) is 0 Å². The van der Waals surface area contributed by atoms with Gasteiger partial charge < -0.3 is 19.9 Å². The molecule has 21 heavy (non-hydrogen) atoms. The molecule has 1 aromatic rings. The zero-order valence-corrected chi connectivity index (χ0v) is 12.5. The third-order valence-corrected chi connectivity index (χ3v) is 3.98. The van der Waals surface area contributed by atoms with Crippen LogP contribution >= 0.6 is 0 Å². The van der Waals surface area contributed by atoms with Crippen LogP contribution in [-0.4, -0.2) is 49.8 Å². The SMILES string of the molecule is CCOc1ccc(N2CCN(C(=O)NC3CC3)CC2)cc1. The van der Waals surface area contributed by atoms with Gasteiger partial charge in [-0.05, 0) is 44.0 Å². The van der Waals surface area contributed by atoms with Crippen molar-refractivity contribution < 1.29 is 9.53 Å². The Balaban J connectivity index is 1.51. The van der Waals surface area contributed by atoms with Gasteiger partial charge in [0.25, 0.3) is 0 Å². The lowest BCUT2D eigenvalue weighted by Gasteiger charge is -2.36. The van der Waals surface area contributed by atoms with Crippen LogP contribution < -0.4 is 15.0 Å². The van der Waals surface area contributed by atoms with Crippen molar-refractivity contribution in [2.45, 2.75) is 25.8 Å². The van der Waals surface area contributed by atoms with Gasteiger partial charge in [-0.15, -0.1) is 0 Å². The molecule has 0 atom stereocenters. The number of hydrogen-bond acceptors (Lipinski definition) is 3. The van der Waals surface area contributed by atoms with Gasteiger partial charge in [0.05, 0.1) is 6.61 Å². The van der Waals surface area contributed by atoms with Gasteiger partial charge in [-0.3, -0.25) is 0 Å². The van der Waals surface area contributed by atoms with Crippen LogP contribution in [0.1, 0.15) is 19.8 Å². The number of ether oxygens (including phenoxy) is 1. The van der Waals surface area contributed by atoms with E-state index in [1.807, 2.05) is 24.0 Å². The molecule has 0 bridgehead atoms. The van der Waals surface area contributed by atoms with Gasteiger partial charge in [-0.2, -0.15) is 0 Å². The average molecular weight is 289 g/mol. The Labute approximate surface area is 125 Å². The van der Waals surface area contributed by atoms with Crippen molar-refractivity contribution in [3.8, 4) is 5.75 Å². The molecule has 1 saturated carbocycles. The van der Waals surface area contributed by atoms with Crippen molar-refractivity contribution in [1.29, 1.82) is 0 Å². The summed E-state index contributed by atoms with van der Waals surface area (Å²) in [6.45, 7) is 6.00. The predicted molar refractivity (Wildman–Crippen MR) is 83.0 cm³/mol. The van der Waals surface area contributed by atoms with Crippen molar-refractivity contribution in [1.82, 2.24) is 10.2 Å². The van der Waals surface area contributed by atoms with Crippen molar-refractivity contribution >= 4 is 11.7 Å². The molecule has 114 valence electrons. The highest BCUT2D eigenvalue weighted by Gasteiger charge is 2.27. The number of carbonyl (C=O) groups is 1. The lowest BCUT2D eigenvalue weighted by atomic mass is 10.2. The first-order valence-corrected chi connectivity index (χ1v) is 7.79. The maximum absolute atomic E-state index is 12.0. The number of hydrogen-bond donors (Lipinski definition) is 1. The zero-order chi connectivity index (χ0) is 14.7. The summed E-state index contributed by atoms with van der Waals surface area (Å²) < 4.78 is 5.46. The van der Waals surface area contributed by atoms with E-state index >= 15 is 0 Å². The summed E-state index contributed by atoms with van der Waals surface area (Å²) in [6, 6.07) is 8.72. The van der Waals surface area contributed by atoms with Crippen molar-refractivity contribution in [2.24, 2.45) is 0 Å².